The van der Waals surface area contributed by atoms with E-state index in [2.05, 4.69) is 15.9 Å². The molecule has 5 heteroatoms. The van der Waals surface area contributed by atoms with Gasteiger partial charge in [-0.1, -0.05) is 33.6 Å². The fraction of sp³-hybridized carbons (Fsp3) is 0.231. The molecule has 2 aromatic rings. The molecule has 0 aliphatic carbocycles. The second kappa shape index (κ2) is 6.06. The average molecular weight is 347 g/mol. The molecule has 2 rings (SSSR count). The number of methoxy groups -OCH3 is 1. The summed E-state index contributed by atoms with van der Waals surface area (Å²) in [4.78, 5) is 1.18. The zero-order valence-corrected chi connectivity index (χ0v) is 13.0. The van der Waals surface area contributed by atoms with E-state index in [4.69, 9.17) is 22.1 Å². The molecule has 0 saturated carbocycles. The van der Waals surface area contributed by atoms with Gasteiger partial charge in [0, 0.05) is 27.4 Å². The molecule has 0 bridgehead atoms. The predicted octanol–water partition coefficient (Wildman–Crippen LogP) is 4.42. The Bertz CT molecular complexity index is 544. The molecule has 0 aliphatic heterocycles. The molecule has 1 unspecified atom stereocenters. The van der Waals surface area contributed by atoms with Crippen LogP contribution in [-0.4, -0.2) is 7.11 Å². The number of benzene rings is 1. The summed E-state index contributed by atoms with van der Waals surface area (Å²) >= 11 is 10.9. The first-order chi connectivity index (χ1) is 8.60. The van der Waals surface area contributed by atoms with Crippen LogP contribution in [0.15, 0.2) is 34.8 Å². The van der Waals surface area contributed by atoms with Crippen LogP contribution in [0.3, 0.4) is 0 Å². The van der Waals surface area contributed by atoms with Gasteiger partial charge in [-0.25, -0.2) is 0 Å². The fourth-order valence-corrected chi connectivity index (χ4v) is 3.27. The van der Waals surface area contributed by atoms with E-state index in [1.54, 1.807) is 18.4 Å². The smallest absolute Gasteiger partial charge is 0.124 e. The minimum Gasteiger partial charge on any atom is -0.496 e. The first-order valence-corrected chi connectivity index (χ1v) is 7.42. The maximum atomic E-state index is 6.23. The Morgan fingerprint density at radius 2 is 2.17 bits per heavy atom. The largest absolute Gasteiger partial charge is 0.496 e. The zero-order chi connectivity index (χ0) is 13.1. The summed E-state index contributed by atoms with van der Waals surface area (Å²) in [5.74, 6) is 0.805. The summed E-state index contributed by atoms with van der Waals surface area (Å²) < 4.78 is 7.13. The second-order valence-corrected chi connectivity index (χ2v) is 6.62. The second-order valence-electron chi connectivity index (χ2n) is 3.90. The van der Waals surface area contributed by atoms with Gasteiger partial charge in [-0.05, 0) is 24.3 Å². The van der Waals surface area contributed by atoms with E-state index in [-0.39, 0.29) is 6.04 Å². The highest BCUT2D eigenvalue weighted by atomic mass is 79.9. The number of rotatable bonds is 4. The summed E-state index contributed by atoms with van der Waals surface area (Å²) in [7, 11) is 1.65. The van der Waals surface area contributed by atoms with E-state index in [1.165, 1.54) is 4.88 Å². The third-order valence-corrected chi connectivity index (χ3v) is 4.39. The van der Waals surface area contributed by atoms with Gasteiger partial charge in [-0.2, -0.15) is 0 Å². The van der Waals surface area contributed by atoms with Crippen LogP contribution in [0.2, 0.25) is 4.34 Å². The summed E-state index contributed by atoms with van der Waals surface area (Å²) in [6.45, 7) is 0. The van der Waals surface area contributed by atoms with E-state index in [0.29, 0.717) is 0 Å². The van der Waals surface area contributed by atoms with Gasteiger partial charge in [-0.15, -0.1) is 11.3 Å². The van der Waals surface area contributed by atoms with Crippen LogP contribution >= 0.6 is 38.9 Å². The predicted molar refractivity (Wildman–Crippen MR) is 80.7 cm³/mol. The van der Waals surface area contributed by atoms with Gasteiger partial charge in [0.25, 0.3) is 0 Å². The van der Waals surface area contributed by atoms with Gasteiger partial charge in [0.05, 0.1) is 11.4 Å². The number of thiophene rings is 1. The van der Waals surface area contributed by atoms with Gasteiger partial charge in [0.1, 0.15) is 5.75 Å². The Hall–Kier alpha value is -0.550. The van der Waals surface area contributed by atoms with Crippen LogP contribution in [0, 0.1) is 0 Å². The van der Waals surface area contributed by atoms with E-state index < -0.39 is 0 Å². The molecule has 2 N–H and O–H groups in total. The van der Waals surface area contributed by atoms with Gasteiger partial charge >= 0.3 is 0 Å². The molecular weight excluding hydrogens is 334 g/mol. The van der Waals surface area contributed by atoms with Gasteiger partial charge in [-0.3, -0.25) is 0 Å². The quantitative estimate of drug-likeness (QED) is 0.889. The van der Waals surface area contributed by atoms with E-state index in [9.17, 15) is 0 Å². The lowest BCUT2D eigenvalue weighted by molar-refractivity contribution is 0.405. The topological polar surface area (TPSA) is 35.2 Å². The average Bonchev–Trinajstić information content (AvgIpc) is 2.74. The van der Waals surface area contributed by atoms with Crippen molar-refractivity contribution in [3.63, 3.8) is 0 Å². The van der Waals surface area contributed by atoms with Crippen molar-refractivity contribution in [3.05, 3.63) is 49.6 Å². The minimum absolute atomic E-state index is 0.0947. The van der Waals surface area contributed by atoms with Gasteiger partial charge in [0.15, 0.2) is 0 Å². The van der Waals surface area contributed by atoms with Crippen molar-refractivity contribution in [3.8, 4) is 5.75 Å². The molecule has 18 heavy (non-hydrogen) atoms. The highest BCUT2D eigenvalue weighted by molar-refractivity contribution is 9.10. The van der Waals surface area contributed by atoms with Crippen molar-refractivity contribution in [1.82, 2.24) is 0 Å². The van der Waals surface area contributed by atoms with Crippen molar-refractivity contribution >= 4 is 38.9 Å². The van der Waals surface area contributed by atoms with Crippen molar-refractivity contribution in [1.29, 1.82) is 0 Å². The van der Waals surface area contributed by atoms with E-state index in [1.807, 2.05) is 30.3 Å². The molecule has 0 fully saturated rings. The maximum absolute atomic E-state index is 6.23. The summed E-state index contributed by atoms with van der Waals surface area (Å²) in [6, 6.07) is 9.70. The number of nitrogens with two attached hydrogens (primary N) is 1. The van der Waals surface area contributed by atoms with Gasteiger partial charge < -0.3 is 10.5 Å². The summed E-state index contributed by atoms with van der Waals surface area (Å²) in [5, 5.41) is 0. The van der Waals surface area contributed by atoms with E-state index >= 15 is 0 Å². The van der Waals surface area contributed by atoms with Crippen molar-refractivity contribution in [2.75, 3.05) is 7.11 Å². The Labute approximate surface area is 124 Å². The van der Waals surface area contributed by atoms with Crippen molar-refractivity contribution in [2.24, 2.45) is 5.73 Å². The SMILES string of the molecule is COc1cc(Br)ccc1C(N)Cc1ccc(Cl)s1. The van der Waals surface area contributed by atoms with Crippen LogP contribution in [0.5, 0.6) is 5.75 Å². The van der Waals surface area contributed by atoms with Crippen LogP contribution in [-0.2, 0) is 6.42 Å². The first-order valence-electron chi connectivity index (χ1n) is 5.43. The molecule has 1 heterocycles. The molecule has 0 amide bonds. The molecule has 0 aliphatic rings. The molecule has 0 saturated heterocycles. The highest BCUT2D eigenvalue weighted by Crippen LogP contribution is 2.31. The minimum atomic E-state index is -0.0947. The normalized spacial score (nSPS) is 12.4. The van der Waals surface area contributed by atoms with Crippen LogP contribution in [0.25, 0.3) is 0 Å². The molecular formula is C13H13BrClNOS. The lowest BCUT2D eigenvalue weighted by Crippen LogP contribution is -2.13. The maximum Gasteiger partial charge on any atom is 0.124 e. The third kappa shape index (κ3) is 3.26. The van der Waals surface area contributed by atoms with Crippen molar-refractivity contribution < 1.29 is 4.74 Å². The lowest BCUT2D eigenvalue weighted by atomic mass is 10.0. The first kappa shape index (κ1) is 13.9. The summed E-state index contributed by atoms with van der Waals surface area (Å²) in [6.07, 6.45) is 0.759. The van der Waals surface area contributed by atoms with Gasteiger partial charge in [0.2, 0.25) is 0 Å². The number of ether oxygens (including phenoxy) is 1. The molecule has 96 valence electrons. The molecule has 0 radical (unpaired) electrons. The van der Waals surface area contributed by atoms with Crippen LogP contribution in [0.1, 0.15) is 16.5 Å². The molecule has 1 atom stereocenters. The zero-order valence-electron chi connectivity index (χ0n) is 9.82. The number of halogens is 2. The van der Waals surface area contributed by atoms with Crippen LogP contribution in [0.4, 0.5) is 0 Å². The Kier molecular flexibility index (Phi) is 4.67. The monoisotopic (exact) mass is 345 g/mol. The lowest BCUT2D eigenvalue weighted by Gasteiger charge is -2.15. The molecule has 1 aromatic heterocycles. The number of hydrogen-bond donors (Lipinski definition) is 1. The van der Waals surface area contributed by atoms with Crippen LogP contribution < -0.4 is 10.5 Å². The highest BCUT2D eigenvalue weighted by Gasteiger charge is 2.14. The molecule has 1 aromatic carbocycles. The fourth-order valence-electron chi connectivity index (χ4n) is 1.78. The molecule has 0 spiro atoms. The number of hydrogen-bond acceptors (Lipinski definition) is 3. The standard InChI is InChI=1S/C13H13BrClNOS/c1-17-12-6-8(14)2-4-10(12)11(16)7-9-3-5-13(15)18-9/h2-6,11H,7,16H2,1H3. The third-order valence-electron chi connectivity index (χ3n) is 2.64. The summed E-state index contributed by atoms with van der Waals surface area (Å²) in [5.41, 5.74) is 7.24. The molecule has 2 nitrogen and oxygen atoms in total. The Balaban J connectivity index is 2.20. The Morgan fingerprint density at radius 1 is 1.39 bits per heavy atom. The Morgan fingerprint density at radius 3 is 2.78 bits per heavy atom. The van der Waals surface area contributed by atoms with E-state index in [0.717, 1.165) is 26.5 Å². The van der Waals surface area contributed by atoms with Crippen molar-refractivity contribution in [2.45, 2.75) is 12.5 Å².